The minimum Gasteiger partial charge on any atom is -0.439 e. The van der Waals surface area contributed by atoms with Gasteiger partial charge < -0.3 is 35.7 Å². The highest BCUT2D eigenvalue weighted by Gasteiger charge is 2.33. The highest BCUT2D eigenvalue weighted by molar-refractivity contribution is 6.23. The van der Waals surface area contributed by atoms with E-state index in [4.69, 9.17) is 19.9 Å². The largest absolute Gasteiger partial charge is 0.439 e. The van der Waals surface area contributed by atoms with Gasteiger partial charge in [0.15, 0.2) is 6.10 Å². The maximum atomic E-state index is 13.5. The number of ketones is 2. The smallest absolute Gasteiger partial charge is 0.405 e. The Morgan fingerprint density at radius 2 is 1.90 bits per heavy atom. The molecule has 6 atom stereocenters. The SMILES string of the molecule is C=CCNC1=C2C[C@@H](C)CC(OC)C(O)[C@@H](C)/C=C(\C)C(OC(N)=O)C(OC)C=C/C=C(\C)C(=O)NC(=CC1=O)C2=O. The second-order valence-electron chi connectivity index (χ2n) is 10.6. The Labute approximate surface area is 247 Å². The molecule has 1 aliphatic heterocycles. The van der Waals surface area contributed by atoms with Crippen molar-refractivity contribution < 1.29 is 38.5 Å². The van der Waals surface area contributed by atoms with Crippen molar-refractivity contribution in [1.82, 2.24) is 10.6 Å². The highest BCUT2D eigenvalue weighted by atomic mass is 16.6. The second kappa shape index (κ2) is 16.0. The summed E-state index contributed by atoms with van der Waals surface area (Å²) < 4.78 is 16.6. The lowest BCUT2D eigenvalue weighted by Crippen LogP contribution is -2.37. The molecule has 1 aliphatic carbocycles. The first-order chi connectivity index (χ1) is 19.8. The average molecular weight is 586 g/mol. The number of aliphatic hydroxyl groups excluding tert-OH is 1. The first-order valence-corrected chi connectivity index (χ1v) is 13.8. The van der Waals surface area contributed by atoms with Gasteiger partial charge in [0.1, 0.15) is 6.10 Å². The number of Topliss-reactive ketones (excluding diaryl/α,β-unsaturated/α-hetero) is 1. The molecule has 230 valence electrons. The number of hydrogen-bond acceptors (Lipinski definition) is 9. The quantitative estimate of drug-likeness (QED) is 0.271. The first-order valence-electron chi connectivity index (χ1n) is 13.8. The number of primary amides is 1. The van der Waals surface area contributed by atoms with Gasteiger partial charge in [-0.25, -0.2) is 4.79 Å². The molecular formula is C31H43N3O8. The van der Waals surface area contributed by atoms with Gasteiger partial charge in [0.05, 0.1) is 23.6 Å². The highest BCUT2D eigenvalue weighted by Crippen LogP contribution is 2.28. The van der Waals surface area contributed by atoms with Crippen LogP contribution in [-0.2, 0) is 28.6 Å². The maximum Gasteiger partial charge on any atom is 0.405 e. The van der Waals surface area contributed by atoms with Crippen LogP contribution >= 0.6 is 0 Å². The maximum absolute atomic E-state index is 13.5. The molecule has 0 saturated heterocycles. The molecule has 0 fully saturated rings. The number of nitrogens with one attached hydrogen (secondary N) is 2. The zero-order chi connectivity index (χ0) is 31.6. The molecule has 0 aromatic rings. The molecule has 2 aliphatic rings. The summed E-state index contributed by atoms with van der Waals surface area (Å²) in [4.78, 5) is 51.3. The third-order valence-electron chi connectivity index (χ3n) is 7.22. The van der Waals surface area contributed by atoms with Crippen LogP contribution in [0.3, 0.4) is 0 Å². The van der Waals surface area contributed by atoms with Crippen molar-refractivity contribution in [3.8, 4) is 0 Å². The average Bonchev–Trinajstić information content (AvgIpc) is 2.94. The molecule has 0 saturated carbocycles. The van der Waals surface area contributed by atoms with Gasteiger partial charge in [-0.15, -0.1) is 6.58 Å². The number of carbonyl (C=O) groups excluding carboxylic acids is 4. The van der Waals surface area contributed by atoms with Gasteiger partial charge in [-0.3, -0.25) is 14.4 Å². The zero-order valence-corrected chi connectivity index (χ0v) is 25.1. The Balaban J connectivity index is 2.62. The minimum atomic E-state index is -1.00. The van der Waals surface area contributed by atoms with E-state index in [1.54, 1.807) is 45.1 Å². The van der Waals surface area contributed by atoms with Crippen molar-refractivity contribution in [2.45, 2.75) is 65.0 Å². The summed E-state index contributed by atoms with van der Waals surface area (Å²) in [5, 5.41) is 16.7. The molecule has 11 nitrogen and oxygen atoms in total. The Kier molecular flexibility index (Phi) is 13.1. The lowest BCUT2D eigenvalue weighted by Gasteiger charge is -2.30. The number of methoxy groups -OCH3 is 2. The monoisotopic (exact) mass is 585 g/mol. The van der Waals surface area contributed by atoms with Crippen molar-refractivity contribution in [3.05, 3.63) is 71.1 Å². The van der Waals surface area contributed by atoms with Crippen LogP contribution < -0.4 is 16.4 Å². The summed E-state index contributed by atoms with van der Waals surface area (Å²) >= 11 is 0. The summed E-state index contributed by atoms with van der Waals surface area (Å²) in [6.45, 7) is 10.9. The first kappa shape index (κ1) is 34.4. The third kappa shape index (κ3) is 9.10. The van der Waals surface area contributed by atoms with Gasteiger partial charge in [0.25, 0.3) is 5.91 Å². The Hall–Kier alpha value is -3.80. The molecule has 2 bridgehead atoms. The van der Waals surface area contributed by atoms with E-state index in [9.17, 15) is 24.3 Å². The van der Waals surface area contributed by atoms with Crippen LogP contribution in [0.1, 0.15) is 40.5 Å². The van der Waals surface area contributed by atoms with Gasteiger partial charge in [-0.2, -0.15) is 0 Å². The van der Waals surface area contributed by atoms with Crippen molar-refractivity contribution in [3.63, 3.8) is 0 Å². The van der Waals surface area contributed by atoms with Gasteiger partial charge >= 0.3 is 6.09 Å². The van der Waals surface area contributed by atoms with E-state index in [0.29, 0.717) is 12.0 Å². The molecule has 0 spiro atoms. The van der Waals surface area contributed by atoms with Crippen LogP contribution in [-0.4, -0.2) is 73.9 Å². The zero-order valence-electron chi connectivity index (χ0n) is 25.1. The summed E-state index contributed by atoms with van der Waals surface area (Å²) in [5.41, 5.74) is 6.42. The van der Waals surface area contributed by atoms with Crippen LogP contribution in [0.2, 0.25) is 0 Å². The second-order valence-corrected chi connectivity index (χ2v) is 10.6. The van der Waals surface area contributed by atoms with E-state index in [0.717, 1.165) is 6.08 Å². The van der Waals surface area contributed by atoms with Crippen molar-refractivity contribution in [2.24, 2.45) is 17.6 Å². The fraction of sp³-hybridized carbons (Fsp3) is 0.484. The molecule has 0 aromatic carbocycles. The van der Waals surface area contributed by atoms with Crippen molar-refractivity contribution in [2.75, 3.05) is 20.8 Å². The number of allylic oxidation sites excluding steroid dienone is 4. The Morgan fingerprint density at radius 1 is 1.21 bits per heavy atom. The van der Waals surface area contributed by atoms with E-state index < -0.39 is 53.9 Å². The van der Waals surface area contributed by atoms with Gasteiger partial charge in [-0.05, 0) is 38.2 Å². The van der Waals surface area contributed by atoms with Crippen molar-refractivity contribution >= 4 is 23.6 Å². The normalized spacial score (nSPS) is 30.8. The van der Waals surface area contributed by atoms with Gasteiger partial charge in [0, 0.05) is 43.9 Å². The Bertz CT molecular complexity index is 1210. The molecule has 42 heavy (non-hydrogen) atoms. The molecule has 0 radical (unpaired) electrons. The molecule has 1 heterocycles. The number of ether oxygens (including phenoxy) is 3. The van der Waals surface area contributed by atoms with E-state index in [1.165, 1.54) is 20.3 Å². The van der Waals surface area contributed by atoms with Crippen LogP contribution in [0.15, 0.2) is 71.1 Å². The van der Waals surface area contributed by atoms with Crippen LogP contribution in [0, 0.1) is 11.8 Å². The lowest BCUT2D eigenvalue weighted by molar-refractivity contribution is -0.120. The molecule has 0 aromatic heterocycles. The molecule has 4 unspecified atom stereocenters. The Morgan fingerprint density at radius 3 is 2.50 bits per heavy atom. The van der Waals surface area contributed by atoms with E-state index in [1.807, 2.05) is 6.92 Å². The van der Waals surface area contributed by atoms with E-state index >= 15 is 0 Å². The number of carbonyl (C=O) groups is 4. The number of amides is 2. The van der Waals surface area contributed by atoms with Crippen LogP contribution in [0.5, 0.6) is 0 Å². The summed E-state index contributed by atoms with van der Waals surface area (Å²) in [5.74, 6) is -2.14. The standard InChI is InChI=1S/C31H43N3O8/c1-8-12-33-26-21-13-17(2)14-25(41-7)27(36)19(4)15-20(5)29(42-31(32)39)24(40-6)11-9-10-18(3)30(38)34-22(28(21)37)16-23(26)35/h8-11,15-17,19,24-25,27,29,33,36H,1,12-14H2,2-7H3,(H2,32,39)(H,34,38)/b11-9?,18-10+,20-15+/t17-,19+,24?,25?,27?,29?/m1/s1. The third-order valence-corrected chi connectivity index (χ3v) is 7.22. The molecule has 11 heteroatoms. The molecule has 2 rings (SSSR count). The predicted molar refractivity (Wildman–Crippen MR) is 158 cm³/mol. The molecular weight excluding hydrogens is 542 g/mol. The summed E-state index contributed by atoms with van der Waals surface area (Å²) in [7, 11) is 2.92. The molecule has 5 N–H and O–H groups in total. The minimum absolute atomic E-state index is 0.132. The number of nitrogens with two attached hydrogens (primary N) is 1. The predicted octanol–water partition coefficient (Wildman–Crippen LogP) is 2.54. The topological polar surface area (TPSA) is 166 Å². The summed E-state index contributed by atoms with van der Waals surface area (Å²) in [6.07, 6.45) is 5.34. The number of rotatable bonds is 6. The van der Waals surface area contributed by atoms with Gasteiger partial charge in [0.2, 0.25) is 11.6 Å². The van der Waals surface area contributed by atoms with Crippen molar-refractivity contribution in [1.29, 1.82) is 0 Å². The van der Waals surface area contributed by atoms with Gasteiger partial charge in [-0.1, -0.05) is 44.2 Å². The summed E-state index contributed by atoms with van der Waals surface area (Å²) in [6, 6.07) is 0. The fourth-order valence-corrected chi connectivity index (χ4v) is 4.95. The van der Waals surface area contributed by atoms with E-state index in [-0.39, 0.29) is 41.4 Å². The molecule has 2 amide bonds. The number of aliphatic hydroxyl groups is 1. The fourth-order valence-electron chi connectivity index (χ4n) is 4.95. The van der Waals surface area contributed by atoms with Crippen LogP contribution in [0.25, 0.3) is 0 Å². The number of hydrogen-bond donors (Lipinski definition) is 4. The number of fused-ring (bicyclic) bond motifs is 2. The van der Waals surface area contributed by atoms with E-state index in [2.05, 4.69) is 17.2 Å². The van der Waals surface area contributed by atoms with Crippen LogP contribution in [0.4, 0.5) is 4.79 Å². The lowest BCUT2D eigenvalue weighted by atomic mass is 9.85.